The molecule has 0 aliphatic carbocycles. The molecule has 5 heteroatoms. The number of benzene rings is 2. The maximum atomic E-state index is 13.5. The molecule has 0 N–H and O–H groups in total. The zero-order valence-corrected chi connectivity index (χ0v) is 16.6. The van der Waals surface area contributed by atoms with E-state index in [1.807, 2.05) is 74.9 Å². The largest absolute Gasteiger partial charge is 0.328 e. The van der Waals surface area contributed by atoms with E-state index in [1.54, 1.807) is 10.6 Å². The molecule has 2 heterocycles. The predicted octanol–water partition coefficient (Wildman–Crippen LogP) is 3.88. The van der Waals surface area contributed by atoms with Crippen LogP contribution in [0.1, 0.15) is 19.4 Å². The molecule has 0 saturated carbocycles. The van der Waals surface area contributed by atoms with Gasteiger partial charge in [-0.1, -0.05) is 55.8 Å². The molecule has 0 unspecified atom stereocenters. The van der Waals surface area contributed by atoms with E-state index in [4.69, 9.17) is 4.98 Å². The van der Waals surface area contributed by atoms with Crippen molar-refractivity contribution >= 4 is 21.9 Å². The van der Waals surface area contributed by atoms with Crippen LogP contribution in [0.4, 0.5) is 0 Å². The van der Waals surface area contributed by atoms with Crippen LogP contribution in [0.15, 0.2) is 58.1 Å². The zero-order valence-electron chi connectivity index (χ0n) is 16.6. The summed E-state index contributed by atoms with van der Waals surface area (Å²) in [6.45, 7) is 6.62. The monoisotopic (exact) mass is 373 g/mol. The SMILES string of the molecule is Cc1ccc(-c2nc3c(c(=O)c4ccccc4n3C)c(=O)n2CC(C)C)cc1. The Hall–Kier alpha value is -3.21. The molecular weight excluding hydrogens is 350 g/mol. The van der Waals surface area contributed by atoms with Crippen molar-refractivity contribution in [2.24, 2.45) is 13.0 Å². The summed E-state index contributed by atoms with van der Waals surface area (Å²) in [6.07, 6.45) is 0. The maximum absolute atomic E-state index is 13.5. The summed E-state index contributed by atoms with van der Waals surface area (Å²) in [5.41, 5.74) is 2.66. The van der Waals surface area contributed by atoms with E-state index in [2.05, 4.69) is 0 Å². The van der Waals surface area contributed by atoms with Gasteiger partial charge in [0.15, 0.2) is 5.65 Å². The number of hydrogen-bond acceptors (Lipinski definition) is 3. The molecule has 4 aromatic rings. The van der Waals surface area contributed by atoms with Crippen molar-refractivity contribution in [3.8, 4) is 11.4 Å². The van der Waals surface area contributed by atoms with Crippen LogP contribution in [0.3, 0.4) is 0 Å². The van der Waals surface area contributed by atoms with Crippen molar-refractivity contribution in [1.82, 2.24) is 14.1 Å². The average Bonchev–Trinajstić information content (AvgIpc) is 2.68. The minimum absolute atomic E-state index is 0.151. The topological polar surface area (TPSA) is 56.9 Å². The molecule has 0 spiro atoms. The summed E-state index contributed by atoms with van der Waals surface area (Å²) in [5, 5.41) is 0.688. The summed E-state index contributed by atoms with van der Waals surface area (Å²) >= 11 is 0. The van der Waals surface area contributed by atoms with Gasteiger partial charge in [-0.3, -0.25) is 14.2 Å². The number of aryl methyl sites for hydroxylation is 2. The summed E-state index contributed by atoms with van der Waals surface area (Å²) in [7, 11) is 1.85. The first kappa shape index (κ1) is 18.2. The number of fused-ring (bicyclic) bond motifs is 2. The molecule has 0 aliphatic rings. The summed E-state index contributed by atoms with van der Waals surface area (Å²) < 4.78 is 3.48. The molecule has 0 atom stereocenters. The lowest BCUT2D eigenvalue weighted by molar-refractivity contribution is 0.512. The van der Waals surface area contributed by atoms with Crippen LogP contribution in [-0.2, 0) is 13.6 Å². The molecule has 0 aliphatic heterocycles. The minimum atomic E-state index is -0.277. The fourth-order valence-corrected chi connectivity index (χ4v) is 3.65. The van der Waals surface area contributed by atoms with Gasteiger partial charge in [0.05, 0.1) is 5.52 Å². The van der Waals surface area contributed by atoms with Crippen LogP contribution >= 0.6 is 0 Å². The molecule has 4 rings (SSSR count). The van der Waals surface area contributed by atoms with Crippen molar-refractivity contribution in [1.29, 1.82) is 0 Å². The van der Waals surface area contributed by atoms with E-state index in [0.717, 1.165) is 16.6 Å². The van der Waals surface area contributed by atoms with Gasteiger partial charge in [-0.2, -0.15) is 0 Å². The highest BCUT2D eigenvalue weighted by Crippen LogP contribution is 2.21. The molecule has 0 fully saturated rings. The van der Waals surface area contributed by atoms with Gasteiger partial charge in [0.25, 0.3) is 5.56 Å². The fraction of sp³-hybridized carbons (Fsp3) is 0.261. The molecule has 0 radical (unpaired) electrons. The lowest BCUT2D eigenvalue weighted by Crippen LogP contribution is -2.30. The average molecular weight is 373 g/mol. The molecule has 0 saturated heterocycles. The van der Waals surface area contributed by atoms with Crippen LogP contribution in [0, 0.1) is 12.8 Å². The van der Waals surface area contributed by atoms with Gasteiger partial charge in [-0.25, -0.2) is 4.98 Å². The lowest BCUT2D eigenvalue weighted by atomic mass is 10.1. The van der Waals surface area contributed by atoms with Crippen molar-refractivity contribution in [3.63, 3.8) is 0 Å². The van der Waals surface area contributed by atoms with Crippen LogP contribution < -0.4 is 11.0 Å². The first-order valence-electron chi connectivity index (χ1n) is 9.47. The second-order valence-corrected chi connectivity index (χ2v) is 7.71. The molecule has 2 aromatic carbocycles. The molecule has 5 nitrogen and oxygen atoms in total. The van der Waals surface area contributed by atoms with Crippen molar-refractivity contribution in [2.75, 3.05) is 0 Å². The van der Waals surface area contributed by atoms with Gasteiger partial charge < -0.3 is 4.57 Å². The van der Waals surface area contributed by atoms with E-state index in [1.165, 1.54) is 0 Å². The highest BCUT2D eigenvalue weighted by Gasteiger charge is 2.19. The number of para-hydroxylation sites is 1. The van der Waals surface area contributed by atoms with Gasteiger partial charge in [0.2, 0.25) is 5.43 Å². The first-order chi connectivity index (χ1) is 13.4. The Morgan fingerprint density at radius 2 is 1.68 bits per heavy atom. The smallest absolute Gasteiger partial charge is 0.267 e. The highest BCUT2D eigenvalue weighted by molar-refractivity contribution is 5.91. The number of rotatable bonds is 3. The highest BCUT2D eigenvalue weighted by atomic mass is 16.1. The Labute approximate surface area is 162 Å². The third-order valence-electron chi connectivity index (χ3n) is 5.06. The number of aromatic nitrogens is 3. The van der Waals surface area contributed by atoms with Crippen molar-refractivity contribution in [2.45, 2.75) is 27.3 Å². The van der Waals surface area contributed by atoms with Crippen molar-refractivity contribution < 1.29 is 0 Å². The van der Waals surface area contributed by atoms with Crippen LogP contribution in [0.2, 0.25) is 0 Å². The second-order valence-electron chi connectivity index (χ2n) is 7.71. The Morgan fingerprint density at radius 3 is 2.36 bits per heavy atom. The van der Waals surface area contributed by atoms with Crippen LogP contribution in [-0.4, -0.2) is 14.1 Å². The Kier molecular flexibility index (Phi) is 4.38. The normalized spacial score (nSPS) is 11.6. The Bertz CT molecular complexity index is 1310. The molecule has 28 heavy (non-hydrogen) atoms. The van der Waals surface area contributed by atoms with Gasteiger partial charge in [-0.15, -0.1) is 0 Å². The third kappa shape index (κ3) is 2.83. The number of nitrogens with zero attached hydrogens (tertiary/aromatic N) is 3. The second kappa shape index (κ2) is 6.75. The maximum Gasteiger partial charge on any atom is 0.267 e. The molecule has 142 valence electrons. The lowest BCUT2D eigenvalue weighted by Gasteiger charge is -2.17. The third-order valence-corrected chi connectivity index (χ3v) is 5.06. The van der Waals surface area contributed by atoms with E-state index in [0.29, 0.717) is 23.4 Å². The summed E-state index contributed by atoms with van der Waals surface area (Å²) in [4.78, 5) is 31.4. The molecule has 0 amide bonds. The van der Waals surface area contributed by atoms with Crippen molar-refractivity contribution in [3.05, 3.63) is 74.7 Å². The fourth-order valence-electron chi connectivity index (χ4n) is 3.65. The minimum Gasteiger partial charge on any atom is -0.328 e. The van der Waals surface area contributed by atoms with E-state index < -0.39 is 0 Å². The van der Waals surface area contributed by atoms with Gasteiger partial charge in [0, 0.05) is 24.5 Å². The zero-order chi connectivity index (χ0) is 20.0. The molecule has 2 aromatic heterocycles. The van der Waals surface area contributed by atoms with Crippen LogP contribution in [0.5, 0.6) is 0 Å². The van der Waals surface area contributed by atoms with E-state index in [-0.39, 0.29) is 22.3 Å². The number of hydrogen-bond donors (Lipinski definition) is 0. The van der Waals surface area contributed by atoms with Gasteiger partial charge in [-0.05, 0) is 25.0 Å². The van der Waals surface area contributed by atoms with Gasteiger partial charge in [0.1, 0.15) is 11.2 Å². The van der Waals surface area contributed by atoms with E-state index >= 15 is 0 Å². The Balaban J connectivity index is 2.19. The predicted molar refractivity (Wildman–Crippen MR) is 114 cm³/mol. The first-order valence-corrected chi connectivity index (χ1v) is 9.47. The molecular formula is C23H23N3O2. The summed E-state index contributed by atoms with van der Waals surface area (Å²) in [6, 6.07) is 15.3. The molecule has 0 bridgehead atoms. The number of pyridine rings is 1. The van der Waals surface area contributed by atoms with E-state index in [9.17, 15) is 9.59 Å². The quantitative estimate of drug-likeness (QED) is 0.512. The Morgan fingerprint density at radius 1 is 1.00 bits per heavy atom. The van der Waals surface area contributed by atoms with Crippen LogP contribution in [0.25, 0.3) is 33.3 Å². The summed E-state index contributed by atoms with van der Waals surface area (Å²) in [5.74, 6) is 0.835. The van der Waals surface area contributed by atoms with Gasteiger partial charge >= 0.3 is 0 Å². The standard InChI is InChI=1S/C23H23N3O2/c1-14(2)13-26-21(16-11-9-15(3)10-12-16)24-22-19(23(26)28)20(27)17-7-5-6-8-18(17)25(22)4/h5-12,14H,13H2,1-4H3.